The third-order valence-electron chi connectivity index (χ3n) is 4.68. The number of fused-ring (bicyclic) bond motifs is 2. The number of esters is 1. The number of aryl methyl sites for hydroxylation is 2. The Bertz CT molecular complexity index is 1280. The van der Waals surface area contributed by atoms with Crippen molar-refractivity contribution >= 4 is 39.5 Å². The quantitative estimate of drug-likeness (QED) is 0.408. The van der Waals surface area contributed by atoms with Gasteiger partial charge >= 0.3 is 11.7 Å². The largest absolute Gasteiger partial charge is 0.452 e. The average Bonchev–Trinajstić information content (AvgIpc) is 3.17. The van der Waals surface area contributed by atoms with E-state index in [1.54, 1.807) is 30.3 Å². The zero-order valence-electron chi connectivity index (χ0n) is 15.3. The van der Waals surface area contributed by atoms with E-state index in [2.05, 4.69) is 20.3 Å². The molecule has 0 saturated heterocycles. The number of nitrogens with one attached hydrogen (secondary N) is 4. The topological polar surface area (TPSA) is 120 Å². The number of rotatable bonds is 4. The smallest absolute Gasteiger partial charge is 0.338 e. The first-order valence-corrected chi connectivity index (χ1v) is 8.68. The van der Waals surface area contributed by atoms with Crippen LogP contribution in [0.2, 0.25) is 0 Å². The second-order valence-corrected chi connectivity index (χ2v) is 6.60. The van der Waals surface area contributed by atoms with Gasteiger partial charge in [-0.1, -0.05) is 0 Å². The standard InChI is InChI=1S/C20H18N4O4/c1-10-11(2)21-15-5-3-12(7-14(10)15)19(26)28-9-18(25)22-13-4-6-16-17(8-13)24-20(27)23-16/h3-8,21H,9H2,1-2H3,(H,22,25)(H2,23,24,27). The number of H-pyrrole nitrogens is 3. The molecule has 8 heteroatoms. The molecule has 4 rings (SSSR count). The van der Waals surface area contributed by atoms with Crippen LogP contribution in [-0.4, -0.2) is 33.4 Å². The number of carbonyl (C=O) groups excluding carboxylic acids is 2. The Morgan fingerprint density at radius 3 is 2.54 bits per heavy atom. The van der Waals surface area contributed by atoms with Gasteiger partial charge in [0, 0.05) is 22.3 Å². The number of anilines is 1. The van der Waals surface area contributed by atoms with Gasteiger partial charge in [0.05, 0.1) is 16.6 Å². The summed E-state index contributed by atoms with van der Waals surface area (Å²) in [6, 6.07) is 10.2. The molecule has 0 bridgehead atoms. The predicted molar refractivity (Wildman–Crippen MR) is 106 cm³/mol. The minimum atomic E-state index is -0.569. The van der Waals surface area contributed by atoms with Crippen LogP contribution in [0.4, 0.5) is 5.69 Å². The van der Waals surface area contributed by atoms with E-state index in [1.165, 1.54) is 0 Å². The van der Waals surface area contributed by atoms with E-state index < -0.39 is 18.5 Å². The van der Waals surface area contributed by atoms with Gasteiger partial charge in [0.2, 0.25) is 0 Å². The fourth-order valence-electron chi connectivity index (χ4n) is 3.11. The molecule has 1 amide bonds. The van der Waals surface area contributed by atoms with Crippen LogP contribution in [0.3, 0.4) is 0 Å². The lowest BCUT2D eigenvalue weighted by molar-refractivity contribution is -0.119. The lowest BCUT2D eigenvalue weighted by atomic mass is 10.1. The normalized spacial score (nSPS) is 11.1. The molecule has 2 aromatic carbocycles. The molecule has 0 aliphatic heterocycles. The van der Waals surface area contributed by atoms with Crippen molar-refractivity contribution in [3.63, 3.8) is 0 Å². The Morgan fingerprint density at radius 1 is 0.964 bits per heavy atom. The van der Waals surface area contributed by atoms with Crippen LogP contribution in [0.5, 0.6) is 0 Å². The minimum Gasteiger partial charge on any atom is -0.452 e. The molecule has 0 radical (unpaired) electrons. The molecule has 4 aromatic rings. The lowest BCUT2D eigenvalue weighted by Gasteiger charge is -2.07. The van der Waals surface area contributed by atoms with Gasteiger partial charge in [-0.25, -0.2) is 9.59 Å². The number of carbonyl (C=O) groups is 2. The zero-order valence-corrected chi connectivity index (χ0v) is 15.3. The Balaban J connectivity index is 1.41. The van der Waals surface area contributed by atoms with Crippen molar-refractivity contribution in [3.8, 4) is 0 Å². The van der Waals surface area contributed by atoms with Gasteiger partial charge in [-0.15, -0.1) is 0 Å². The van der Waals surface area contributed by atoms with Crippen molar-refractivity contribution in [2.24, 2.45) is 0 Å². The van der Waals surface area contributed by atoms with Crippen LogP contribution >= 0.6 is 0 Å². The van der Waals surface area contributed by atoms with Crippen molar-refractivity contribution in [2.45, 2.75) is 13.8 Å². The van der Waals surface area contributed by atoms with Gasteiger partial charge in [-0.3, -0.25) is 4.79 Å². The van der Waals surface area contributed by atoms with Gasteiger partial charge in [-0.2, -0.15) is 0 Å². The van der Waals surface area contributed by atoms with Crippen molar-refractivity contribution in [2.75, 3.05) is 11.9 Å². The van der Waals surface area contributed by atoms with Gasteiger partial charge in [0.15, 0.2) is 6.61 Å². The number of aromatic amines is 3. The molecule has 28 heavy (non-hydrogen) atoms. The van der Waals surface area contributed by atoms with Gasteiger partial charge in [0.1, 0.15) is 0 Å². The molecule has 2 aromatic heterocycles. The molecule has 0 spiro atoms. The molecule has 0 aliphatic carbocycles. The summed E-state index contributed by atoms with van der Waals surface area (Å²) in [7, 11) is 0. The van der Waals surface area contributed by atoms with E-state index in [0.717, 1.165) is 22.2 Å². The van der Waals surface area contributed by atoms with Crippen LogP contribution in [0.15, 0.2) is 41.2 Å². The molecule has 0 unspecified atom stereocenters. The first-order chi connectivity index (χ1) is 13.4. The highest BCUT2D eigenvalue weighted by atomic mass is 16.5. The number of ether oxygens (including phenoxy) is 1. The molecule has 0 atom stereocenters. The molecular weight excluding hydrogens is 360 g/mol. The summed E-state index contributed by atoms with van der Waals surface area (Å²) in [4.78, 5) is 44.1. The second kappa shape index (κ2) is 6.73. The number of aromatic nitrogens is 3. The summed E-state index contributed by atoms with van der Waals surface area (Å²) in [6.45, 7) is 3.53. The van der Waals surface area contributed by atoms with Gasteiger partial charge < -0.3 is 25.0 Å². The summed E-state index contributed by atoms with van der Waals surface area (Å²) in [5.74, 6) is -1.04. The van der Waals surface area contributed by atoms with Crippen LogP contribution in [0.1, 0.15) is 21.6 Å². The van der Waals surface area contributed by atoms with E-state index in [9.17, 15) is 14.4 Å². The number of hydrogen-bond donors (Lipinski definition) is 4. The average molecular weight is 378 g/mol. The number of hydrogen-bond acceptors (Lipinski definition) is 4. The second-order valence-electron chi connectivity index (χ2n) is 6.60. The van der Waals surface area contributed by atoms with E-state index in [4.69, 9.17) is 4.74 Å². The highest BCUT2D eigenvalue weighted by molar-refractivity contribution is 5.98. The van der Waals surface area contributed by atoms with Crippen molar-refractivity contribution in [1.82, 2.24) is 15.0 Å². The Kier molecular flexibility index (Phi) is 4.23. The number of amides is 1. The SMILES string of the molecule is Cc1[nH]c2ccc(C(=O)OCC(=O)Nc3ccc4[nH]c(=O)[nH]c4c3)cc2c1C. The Labute approximate surface area is 158 Å². The maximum atomic E-state index is 12.3. The summed E-state index contributed by atoms with van der Waals surface area (Å²) in [5.41, 5.74) is 4.82. The van der Waals surface area contributed by atoms with Crippen LogP contribution in [0.25, 0.3) is 21.9 Å². The van der Waals surface area contributed by atoms with E-state index in [-0.39, 0.29) is 5.69 Å². The van der Waals surface area contributed by atoms with E-state index in [0.29, 0.717) is 22.3 Å². The molecule has 142 valence electrons. The highest BCUT2D eigenvalue weighted by Gasteiger charge is 2.13. The van der Waals surface area contributed by atoms with Crippen LogP contribution < -0.4 is 11.0 Å². The number of imidazole rings is 1. The summed E-state index contributed by atoms with van der Waals surface area (Å²) < 4.78 is 5.12. The number of benzene rings is 2. The first-order valence-electron chi connectivity index (χ1n) is 8.68. The monoisotopic (exact) mass is 378 g/mol. The van der Waals surface area contributed by atoms with Crippen LogP contribution in [-0.2, 0) is 9.53 Å². The first kappa shape index (κ1) is 17.6. The maximum absolute atomic E-state index is 12.3. The molecule has 0 fully saturated rings. The van der Waals surface area contributed by atoms with Gasteiger partial charge in [-0.05, 0) is 55.8 Å². The van der Waals surface area contributed by atoms with Crippen LogP contribution in [0, 0.1) is 13.8 Å². The Hall–Kier alpha value is -3.81. The van der Waals surface area contributed by atoms with Crippen molar-refractivity contribution in [1.29, 1.82) is 0 Å². The molecule has 0 saturated carbocycles. The summed E-state index contributed by atoms with van der Waals surface area (Å²) >= 11 is 0. The molecule has 2 heterocycles. The third kappa shape index (κ3) is 3.27. The highest BCUT2D eigenvalue weighted by Crippen LogP contribution is 2.22. The summed E-state index contributed by atoms with van der Waals surface area (Å²) in [5, 5.41) is 3.58. The van der Waals surface area contributed by atoms with E-state index in [1.807, 2.05) is 19.9 Å². The van der Waals surface area contributed by atoms with Crippen molar-refractivity contribution < 1.29 is 14.3 Å². The molecule has 0 aliphatic rings. The molecular formula is C20H18N4O4. The minimum absolute atomic E-state index is 0.322. The fourth-order valence-corrected chi connectivity index (χ4v) is 3.11. The third-order valence-corrected chi connectivity index (χ3v) is 4.68. The summed E-state index contributed by atoms with van der Waals surface area (Å²) in [6.07, 6.45) is 0. The van der Waals surface area contributed by atoms with Gasteiger partial charge in [0.25, 0.3) is 5.91 Å². The molecule has 8 nitrogen and oxygen atoms in total. The predicted octanol–water partition coefficient (Wildman–Crippen LogP) is 2.75. The fraction of sp³-hybridized carbons (Fsp3) is 0.150. The zero-order chi connectivity index (χ0) is 19.8. The van der Waals surface area contributed by atoms with E-state index >= 15 is 0 Å². The maximum Gasteiger partial charge on any atom is 0.338 e. The lowest BCUT2D eigenvalue weighted by Crippen LogP contribution is -2.20. The molecule has 4 N–H and O–H groups in total. The van der Waals surface area contributed by atoms with Crippen molar-refractivity contribution in [3.05, 3.63) is 63.7 Å². The Morgan fingerprint density at radius 2 is 1.71 bits per heavy atom.